The number of ether oxygens (including phenoxy) is 1. The Morgan fingerprint density at radius 3 is 2.82 bits per heavy atom. The molecule has 0 aliphatic carbocycles. The number of methoxy groups -OCH3 is 1. The van der Waals surface area contributed by atoms with E-state index in [0.717, 1.165) is 15.9 Å². The van der Waals surface area contributed by atoms with Gasteiger partial charge in [0, 0.05) is 17.3 Å². The lowest BCUT2D eigenvalue weighted by Crippen LogP contribution is -1.93. The van der Waals surface area contributed by atoms with Crippen molar-refractivity contribution in [1.29, 1.82) is 0 Å². The average molecular weight is 216 g/mol. The first-order valence-electron chi connectivity index (χ1n) is 3.34. The number of pyridine rings is 1. The van der Waals surface area contributed by atoms with E-state index in [9.17, 15) is 0 Å². The topological polar surface area (TPSA) is 22.1 Å². The molecule has 0 aliphatic rings. The van der Waals surface area contributed by atoms with Crippen LogP contribution < -0.4 is 0 Å². The van der Waals surface area contributed by atoms with Gasteiger partial charge in [0.1, 0.15) is 0 Å². The zero-order valence-corrected chi connectivity index (χ0v) is 8.18. The number of rotatable bonds is 2. The Bertz CT molecular complexity index is 230. The van der Waals surface area contributed by atoms with Gasteiger partial charge in [-0.1, -0.05) is 15.9 Å². The molecule has 0 radical (unpaired) electrons. The van der Waals surface area contributed by atoms with Crippen LogP contribution in [-0.4, -0.2) is 12.1 Å². The molecule has 1 heterocycles. The summed E-state index contributed by atoms with van der Waals surface area (Å²) in [6.07, 6.45) is 0. The second kappa shape index (κ2) is 3.83. The highest BCUT2D eigenvalue weighted by molar-refractivity contribution is 9.10. The molecule has 3 heteroatoms. The van der Waals surface area contributed by atoms with Gasteiger partial charge in [0.2, 0.25) is 0 Å². The van der Waals surface area contributed by atoms with E-state index in [0.29, 0.717) is 6.61 Å². The fourth-order valence-corrected chi connectivity index (χ4v) is 1.51. The van der Waals surface area contributed by atoms with E-state index < -0.39 is 0 Å². The minimum absolute atomic E-state index is 0.570. The minimum Gasteiger partial charge on any atom is -0.378 e. The van der Waals surface area contributed by atoms with Crippen LogP contribution in [0.1, 0.15) is 11.4 Å². The standard InChI is InChI=1S/C8H10BrNO/c1-6-3-7(9)4-8(10-6)5-11-2/h3-4H,5H2,1-2H3. The predicted octanol–water partition coefficient (Wildman–Crippen LogP) is 2.30. The Morgan fingerprint density at radius 2 is 2.27 bits per heavy atom. The van der Waals surface area contributed by atoms with Crippen molar-refractivity contribution in [3.8, 4) is 0 Å². The van der Waals surface area contributed by atoms with Gasteiger partial charge in [-0.25, -0.2) is 0 Å². The van der Waals surface area contributed by atoms with Gasteiger partial charge in [0.25, 0.3) is 0 Å². The Morgan fingerprint density at radius 1 is 1.55 bits per heavy atom. The van der Waals surface area contributed by atoms with E-state index in [1.807, 2.05) is 19.1 Å². The van der Waals surface area contributed by atoms with E-state index in [2.05, 4.69) is 20.9 Å². The van der Waals surface area contributed by atoms with Crippen LogP contribution >= 0.6 is 15.9 Å². The first kappa shape index (κ1) is 8.68. The third-order valence-electron chi connectivity index (χ3n) is 1.26. The van der Waals surface area contributed by atoms with Crippen molar-refractivity contribution in [1.82, 2.24) is 4.98 Å². The number of aromatic nitrogens is 1. The average Bonchev–Trinajstić information content (AvgIpc) is 1.85. The fraction of sp³-hybridized carbons (Fsp3) is 0.375. The maximum atomic E-state index is 4.95. The zero-order valence-electron chi connectivity index (χ0n) is 6.60. The van der Waals surface area contributed by atoms with Crippen molar-refractivity contribution in [2.45, 2.75) is 13.5 Å². The molecule has 0 aliphatic heterocycles. The maximum absolute atomic E-state index is 4.95. The molecule has 0 amide bonds. The predicted molar refractivity (Wildman–Crippen MR) is 47.4 cm³/mol. The van der Waals surface area contributed by atoms with Crippen molar-refractivity contribution in [2.75, 3.05) is 7.11 Å². The molecule has 1 aromatic heterocycles. The lowest BCUT2D eigenvalue weighted by atomic mass is 10.3. The molecule has 1 aromatic rings. The van der Waals surface area contributed by atoms with E-state index in [-0.39, 0.29) is 0 Å². The molecule has 0 spiro atoms. The normalized spacial score (nSPS) is 10.1. The van der Waals surface area contributed by atoms with E-state index in [1.165, 1.54) is 0 Å². The lowest BCUT2D eigenvalue weighted by molar-refractivity contribution is 0.181. The van der Waals surface area contributed by atoms with Crippen LogP contribution in [0.2, 0.25) is 0 Å². The third-order valence-corrected chi connectivity index (χ3v) is 1.72. The van der Waals surface area contributed by atoms with Gasteiger partial charge in [0.15, 0.2) is 0 Å². The molecular formula is C8H10BrNO. The lowest BCUT2D eigenvalue weighted by Gasteiger charge is -2.00. The zero-order chi connectivity index (χ0) is 8.27. The fourth-order valence-electron chi connectivity index (χ4n) is 0.913. The van der Waals surface area contributed by atoms with Gasteiger partial charge < -0.3 is 4.74 Å². The molecule has 0 aromatic carbocycles. The molecule has 0 unspecified atom stereocenters. The second-order valence-corrected chi connectivity index (χ2v) is 3.27. The maximum Gasteiger partial charge on any atom is 0.0884 e. The van der Waals surface area contributed by atoms with Crippen LogP contribution in [0, 0.1) is 6.92 Å². The summed E-state index contributed by atoms with van der Waals surface area (Å²) in [4.78, 5) is 4.27. The van der Waals surface area contributed by atoms with Crippen molar-refractivity contribution in [3.63, 3.8) is 0 Å². The van der Waals surface area contributed by atoms with E-state index in [1.54, 1.807) is 7.11 Å². The highest BCUT2D eigenvalue weighted by Gasteiger charge is 1.96. The minimum atomic E-state index is 0.570. The summed E-state index contributed by atoms with van der Waals surface area (Å²) in [5, 5.41) is 0. The summed E-state index contributed by atoms with van der Waals surface area (Å²) in [6, 6.07) is 3.93. The van der Waals surface area contributed by atoms with E-state index >= 15 is 0 Å². The molecule has 2 nitrogen and oxygen atoms in total. The summed E-state index contributed by atoms with van der Waals surface area (Å²) in [5.41, 5.74) is 1.96. The van der Waals surface area contributed by atoms with Crippen LogP contribution in [0.4, 0.5) is 0 Å². The monoisotopic (exact) mass is 215 g/mol. The summed E-state index contributed by atoms with van der Waals surface area (Å²) in [6.45, 7) is 2.53. The smallest absolute Gasteiger partial charge is 0.0884 e. The van der Waals surface area contributed by atoms with E-state index in [4.69, 9.17) is 4.74 Å². The second-order valence-electron chi connectivity index (χ2n) is 2.35. The Hall–Kier alpha value is -0.410. The molecule has 0 atom stereocenters. The summed E-state index contributed by atoms with van der Waals surface area (Å²) >= 11 is 3.39. The molecule has 0 fully saturated rings. The van der Waals surface area contributed by atoms with Crippen molar-refractivity contribution in [2.24, 2.45) is 0 Å². The van der Waals surface area contributed by atoms with Crippen LogP contribution in [0.15, 0.2) is 16.6 Å². The van der Waals surface area contributed by atoms with Crippen LogP contribution in [0.3, 0.4) is 0 Å². The number of hydrogen-bond acceptors (Lipinski definition) is 2. The van der Waals surface area contributed by atoms with Gasteiger partial charge in [-0.2, -0.15) is 0 Å². The van der Waals surface area contributed by atoms with Crippen LogP contribution in [0.25, 0.3) is 0 Å². The molecule has 60 valence electrons. The summed E-state index contributed by atoms with van der Waals surface area (Å²) < 4.78 is 6.01. The van der Waals surface area contributed by atoms with Crippen molar-refractivity contribution in [3.05, 3.63) is 28.0 Å². The molecular weight excluding hydrogens is 206 g/mol. The SMILES string of the molecule is COCc1cc(Br)cc(C)n1. The van der Waals surface area contributed by atoms with Crippen molar-refractivity contribution < 1.29 is 4.74 Å². The van der Waals surface area contributed by atoms with Crippen LogP contribution in [0.5, 0.6) is 0 Å². The molecule has 0 N–H and O–H groups in total. The van der Waals surface area contributed by atoms with Gasteiger partial charge in [-0.05, 0) is 19.1 Å². The van der Waals surface area contributed by atoms with Gasteiger partial charge in [-0.15, -0.1) is 0 Å². The molecule has 11 heavy (non-hydrogen) atoms. The first-order valence-corrected chi connectivity index (χ1v) is 4.13. The van der Waals surface area contributed by atoms with Gasteiger partial charge in [-0.3, -0.25) is 4.98 Å². The molecule has 0 bridgehead atoms. The Balaban J connectivity index is 2.89. The number of halogens is 1. The summed E-state index contributed by atoms with van der Waals surface area (Å²) in [5.74, 6) is 0. The van der Waals surface area contributed by atoms with Crippen LogP contribution in [-0.2, 0) is 11.3 Å². The summed E-state index contributed by atoms with van der Waals surface area (Å²) in [7, 11) is 1.66. The van der Waals surface area contributed by atoms with Gasteiger partial charge in [0.05, 0.1) is 12.3 Å². The highest BCUT2D eigenvalue weighted by Crippen LogP contribution is 2.12. The quantitative estimate of drug-likeness (QED) is 0.756. The molecule has 0 saturated heterocycles. The largest absolute Gasteiger partial charge is 0.378 e. The Labute approximate surface area is 74.7 Å². The first-order chi connectivity index (χ1) is 5.22. The highest BCUT2D eigenvalue weighted by atomic mass is 79.9. The number of hydrogen-bond donors (Lipinski definition) is 0. The molecule has 0 saturated carbocycles. The molecule has 1 rings (SSSR count). The van der Waals surface area contributed by atoms with Crippen molar-refractivity contribution >= 4 is 15.9 Å². The number of nitrogens with zero attached hydrogens (tertiary/aromatic N) is 1. The Kier molecular flexibility index (Phi) is 3.02. The van der Waals surface area contributed by atoms with Gasteiger partial charge >= 0.3 is 0 Å². The number of aryl methyl sites for hydroxylation is 1. The third kappa shape index (κ3) is 2.60.